The van der Waals surface area contributed by atoms with Crippen molar-refractivity contribution in [2.24, 2.45) is 0 Å². The first-order valence-electron chi connectivity index (χ1n) is 7.74. The molecule has 28 heavy (non-hydrogen) atoms. The van der Waals surface area contributed by atoms with Gasteiger partial charge < -0.3 is 9.42 Å². The van der Waals surface area contributed by atoms with Crippen molar-refractivity contribution in [2.45, 2.75) is 18.9 Å². The van der Waals surface area contributed by atoms with Crippen LogP contribution in [0.5, 0.6) is 0 Å². The van der Waals surface area contributed by atoms with E-state index in [1.807, 2.05) is 0 Å². The van der Waals surface area contributed by atoms with Crippen LogP contribution in [0.15, 0.2) is 22.7 Å². The summed E-state index contributed by atoms with van der Waals surface area (Å²) in [5.74, 6) is -1.28. The molecule has 1 aliphatic rings. The zero-order valence-corrected chi connectivity index (χ0v) is 13.8. The Morgan fingerprint density at radius 1 is 1.00 bits per heavy atom. The van der Waals surface area contributed by atoms with Crippen molar-refractivity contribution < 1.29 is 40.1 Å². The van der Waals surface area contributed by atoms with E-state index in [9.17, 15) is 35.6 Å². The third-order valence-electron chi connectivity index (χ3n) is 3.91. The van der Waals surface area contributed by atoms with Crippen LogP contribution in [0.3, 0.4) is 0 Å². The first-order valence-corrected chi connectivity index (χ1v) is 7.74. The van der Waals surface area contributed by atoms with Crippen molar-refractivity contribution in [3.8, 4) is 11.4 Å². The van der Waals surface area contributed by atoms with Crippen LogP contribution >= 0.6 is 0 Å². The van der Waals surface area contributed by atoms with E-state index in [0.29, 0.717) is 17.3 Å². The van der Waals surface area contributed by atoms with Gasteiger partial charge in [0.15, 0.2) is 0 Å². The minimum absolute atomic E-state index is 0.00876. The Morgan fingerprint density at radius 3 is 2.14 bits per heavy atom. The molecule has 1 amide bonds. The van der Waals surface area contributed by atoms with Gasteiger partial charge in [0.25, 0.3) is 0 Å². The first kappa shape index (κ1) is 20.0. The summed E-state index contributed by atoms with van der Waals surface area (Å²) in [7, 11) is 0. The average molecular weight is 412 g/mol. The van der Waals surface area contributed by atoms with E-state index in [1.165, 1.54) is 4.90 Å². The van der Waals surface area contributed by atoms with Crippen LogP contribution in [0.2, 0.25) is 0 Å². The van der Waals surface area contributed by atoms with Gasteiger partial charge in [-0.25, -0.2) is 0 Å². The van der Waals surface area contributed by atoms with Gasteiger partial charge in [0, 0.05) is 18.7 Å². The summed E-state index contributed by atoms with van der Waals surface area (Å²) >= 11 is 0. The number of nitrogens with zero attached hydrogens (tertiary/aromatic N) is 4. The Morgan fingerprint density at radius 2 is 1.61 bits per heavy atom. The lowest BCUT2D eigenvalue weighted by molar-refractivity contribution is -0.145. The summed E-state index contributed by atoms with van der Waals surface area (Å²) in [5, 5.41) is 3.70. The molecule has 1 aliphatic heterocycles. The second-order valence-corrected chi connectivity index (χ2v) is 5.97. The Hall–Kier alpha value is -2.70. The molecule has 0 bridgehead atoms. The predicted molar refractivity (Wildman–Crippen MR) is 77.8 cm³/mol. The topological polar surface area (TPSA) is 62.5 Å². The molecule has 3 rings (SSSR count). The van der Waals surface area contributed by atoms with Crippen molar-refractivity contribution in [1.29, 1.82) is 0 Å². The molecule has 0 saturated carbocycles. The summed E-state index contributed by atoms with van der Waals surface area (Å²) in [6.45, 7) is -0.779. The maximum atomic E-state index is 13.0. The molecule has 0 N–H and O–H groups in total. The molecule has 2 aromatic rings. The highest BCUT2D eigenvalue weighted by atomic mass is 19.4. The molecular formula is C15H11F7N4O2. The zero-order chi connectivity index (χ0) is 20.7. The van der Waals surface area contributed by atoms with Gasteiger partial charge in [0.1, 0.15) is 13.1 Å². The first-order chi connectivity index (χ1) is 12.9. The summed E-state index contributed by atoms with van der Waals surface area (Å²) in [5.41, 5.74) is -3.58. The van der Waals surface area contributed by atoms with E-state index in [1.54, 1.807) is 0 Å². The molecule has 1 aromatic heterocycles. The molecular weight excluding hydrogens is 401 g/mol. The third-order valence-corrected chi connectivity index (χ3v) is 3.91. The number of rotatable bonds is 3. The summed E-state index contributed by atoms with van der Waals surface area (Å²) in [4.78, 5) is 16.6. The van der Waals surface area contributed by atoms with Crippen LogP contribution in [0, 0.1) is 0 Å². The normalized spacial score (nSPS) is 16.7. The number of benzene rings is 1. The molecule has 0 atom stereocenters. The number of aromatic nitrogens is 2. The third kappa shape index (κ3) is 4.40. The number of alkyl halides is 6. The van der Waals surface area contributed by atoms with Crippen molar-refractivity contribution in [3.05, 3.63) is 35.2 Å². The van der Waals surface area contributed by atoms with E-state index in [-0.39, 0.29) is 31.6 Å². The Labute approximate surface area is 152 Å². The van der Waals surface area contributed by atoms with Gasteiger partial charge >= 0.3 is 12.4 Å². The number of piperazine rings is 1. The second kappa shape index (κ2) is 7.04. The summed E-state index contributed by atoms with van der Waals surface area (Å²) in [6, 6.07) is 0.924. The largest absolute Gasteiger partial charge is 0.416 e. The number of hydrogen-bond donors (Lipinski definition) is 0. The minimum Gasteiger partial charge on any atom is -0.337 e. The van der Waals surface area contributed by atoms with Crippen LogP contribution in [0.4, 0.5) is 30.8 Å². The Bertz CT molecular complexity index is 846. The van der Waals surface area contributed by atoms with Crippen LogP contribution < -0.4 is 0 Å². The van der Waals surface area contributed by atoms with Gasteiger partial charge in [-0.2, -0.15) is 31.3 Å². The van der Waals surface area contributed by atoms with Gasteiger partial charge in [0.2, 0.25) is 17.6 Å². The number of carbonyl (C=O) groups is 1. The van der Waals surface area contributed by atoms with Crippen molar-refractivity contribution in [3.63, 3.8) is 0 Å². The van der Waals surface area contributed by atoms with Gasteiger partial charge in [-0.3, -0.25) is 4.79 Å². The Balaban J connectivity index is 1.89. The number of carbonyl (C=O) groups excluding carboxylic acids is 1. The second-order valence-electron chi connectivity index (χ2n) is 5.97. The monoisotopic (exact) mass is 412 g/mol. The molecule has 6 nitrogen and oxygen atoms in total. The van der Waals surface area contributed by atoms with Crippen molar-refractivity contribution in [1.82, 2.24) is 20.2 Å². The zero-order valence-electron chi connectivity index (χ0n) is 13.8. The predicted octanol–water partition coefficient (Wildman–Crippen LogP) is 3.30. The van der Waals surface area contributed by atoms with E-state index < -0.39 is 47.3 Å². The van der Waals surface area contributed by atoms with Crippen LogP contribution in [0.1, 0.15) is 17.0 Å². The number of hydrogen-bond acceptors (Lipinski definition) is 5. The van der Waals surface area contributed by atoms with E-state index in [2.05, 4.69) is 10.1 Å². The highest BCUT2D eigenvalue weighted by Crippen LogP contribution is 2.38. The molecule has 2 heterocycles. The fourth-order valence-corrected chi connectivity index (χ4v) is 2.53. The molecule has 0 aliphatic carbocycles. The Kier molecular flexibility index (Phi) is 5.04. The fraction of sp³-hybridized carbons (Fsp3) is 0.400. The summed E-state index contributed by atoms with van der Waals surface area (Å²) < 4.78 is 95.4. The van der Waals surface area contributed by atoms with Gasteiger partial charge in [-0.1, -0.05) is 5.16 Å². The highest BCUT2D eigenvalue weighted by Gasteiger charge is 2.37. The van der Waals surface area contributed by atoms with E-state index in [0.717, 1.165) is 0 Å². The number of amides is 1. The van der Waals surface area contributed by atoms with Gasteiger partial charge in [0.05, 0.1) is 11.1 Å². The van der Waals surface area contributed by atoms with E-state index in [4.69, 9.17) is 4.52 Å². The number of halogens is 7. The molecule has 0 unspecified atom stereocenters. The molecule has 0 radical (unpaired) electrons. The van der Waals surface area contributed by atoms with Crippen molar-refractivity contribution >= 4 is 5.91 Å². The van der Waals surface area contributed by atoms with E-state index >= 15 is 0 Å². The molecule has 152 valence electrons. The van der Waals surface area contributed by atoms with Crippen LogP contribution in [-0.2, 0) is 23.7 Å². The maximum Gasteiger partial charge on any atom is 0.416 e. The lowest BCUT2D eigenvalue weighted by atomic mass is 10.0. The average Bonchev–Trinajstić information content (AvgIpc) is 3.04. The van der Waals surface area contributed by atoms with Crippen molar-refractivity contribution in [2.75, 3.05) is 19.6 Å². The molecule has 0 spiro atoms. The SMILES string of the molecule is O=C1CN(F)CCN1Cc1nc(-c2cc(C(F)(F)F)cc(C(F)(F)F)c2)no1. The molecule has 1 saturated heterocycles. The molecule has 1 fully saturated rings. The van der Waals surface area contributed by atoms with Gasteiger partial charge in [-0.15, -0.1) is 9.60 Å². The minimum atomic E-state index is -5.01. The summed E-state index contributed by atoms with van der Waals surface area (Å²) in [6.07, 6.45) is -10.0. The highest BCUT2D eigenvalue weighted by molar-refractivity contribution is 5.78. The standard InChI is InChI=1S/C15H11F7N4O2/c16-14(17,18)9-3-8(4-10(5-9)15(19,20)21)13-23-11(28-24-13)6-25-1-2-26(22)7-12(25)27/h3-5H,1-2,6-7H2. The quantitative estimate of drug-likeness (QED) is 0.572. The fourth-order valence-electron chi connectivity index (χ4n) is 2.53. The maximum absolute atomic E-state index is 13.0. The smallest absolute Gasteiger partial charge is 0.337 e. The van der Waals surface area contributed by atoms with Gasteiger partial charge in [-0.05, 0) is 18.2 Å². The lowest BCUT2D eigenvalue weighted by Gasteiger charge is -2.28. The molecule has 1 aromatic carbocycles. The lowest BCUT2D eigenvalue weighted by Crippen LogP contribution is -2.46. The molecule has 13 heteroatoms. The van der Waals surface area contributed by atoms with Crippen LogP contribution in [-0.4, -0.2) is 45.7 Å². The van der Waals surface area contributed by atoms with Crippen LogP contribution in [0.25, 0.3) is 11.4 Å².